The molecule has 10 rings (SSSR count). The lowest BCUT2D eigenvalue weighted by molar-refractivity contribution is -0.136. The van der Waals surface area contributed by atoms with E-state index < -0.39 is 5.97 Å². The summed E-state index contributed by atoms with van der Waals surface area (Å²) >= 11 is 0. The van der Waals surface area contributed by atoms with Crippen molar-refractivity contribution in [3.63, 3.8) is 0 Å². The van der Waals surface area contributed by atoms with Crippen LogP contribution in [-0.2, 0) is 22.4 Å². The summed E-state index contributed by atoms with van der Waals surface area (Å²) in [7, 11) is 6.43. The van der Waals surface area contributed by atoms with E-state index in [1.165, 1.54) is 0 Å². The number of hydrogen-bond acceptors (Lipinski definition) is 13. The first-order valence-electron chi connectivity index (χ1n) is 24.2. The lowest BCUT2D eigenvalue weighted by Gasteiger charge is -2.09. The van der Waals surface area contributed by atoms with Crippen LogP contribution in [0.15, 0.2) is 203 Å². The molecule has 8 N–H and O–H groups in total. The Kier molecular flexibility index (Phi) is 17.3. The molecule has 77 heavy (non-hydrogen) atoms. The van der Waals surface area contributed by atoms with Gasteiger partial charge in [0.25, 0.3) is 0 Å². The number of carboxylic acid groups (broad SMARTS) is 1. The maximum atomic E-state index is 13.0. The van der Waals surface area contributed by atoms with Gasteiger partial charge in [-0.05, 0) is 155 Å². The molecule has 1 amide bonds. The fourth-order valence-electron chi connectivity index (χ4n) is 8.15. The molecule has 15 heteroatoms. The summed E-state index contributed by atoms with van der Waals surface area (Å²) in [4.78, 5) is 24.2. The molecule has 0 atom stereocenters. The zero-order valence-corrected chi connectivity index (χ0v) is 42.7. The van der Waals surface area contributed by atoms with Crippen LogP contribution in [0.5, 0.6) is 23.0 Å². The zero-order chi connectivity index (χ0) is 54.3. The Bertz CT molecular complexity index is 3460. The lowest BCUT2D eigenvalue weighted by atomic mass is 9.97. The van der Waals surface area contributed by atoms with Crippen LogP contribution in [-0.4, -0.2) is 55.7 Å². The van der Waals surface area contributed by atoms with Crippen molar-refractivity contribution in [1.82, 2.24) is 10.3 Å². The fraction of sp³-hybridized carbons (Fsp3) is 0.0968. The number of methoxy groups -OCH3 is 4. The number of carbonyl (C=O) groups is 2. The Morgan fingerprint density at radius 2 is 0.675 bits per heavy atom. The molecule has 0 radical (unpaired) electrons. The summed E-state index contributed by atoms with van der Waals surface area (Å²) in [6.45, 7) is 0. The van der Waals surface area contributed by atoms with Gasteiger partial charge in [0.15, 0.2) is 11.5 Å². The van der Waals surface area contributed by atoms with E-state index in [9.17, 15) is 9.59 Å². The highest BCUT2D eigenvalue weighted by Crippen LogP contribution is 2.38. The van der Waals surface area contributed by atoms with Crippen molar-refractivity contribution in [3.05, 3.63) is 206 Å². The standard InChI is InChI=1S/C31H27N3O4.C19H17NO5.C12H12N2/c1-36-26-15-7-22(8-16-26)30-28(38-34-31(30)23-9-17-27(37-2)18-10-23)19-29(35)33-25-13-5-21(6-14-25)20-3-11-24(32)12-4-20;1-23-14-7-3-12(4-8-14)18-16(11-17(21)22)25-20-19(18)13-5-9-15(24-2)10-6-13;13-11-5-1-9(2-6-11)10-3-7-12(14)8-4-10/h3-18H,19,32H2,1-2H3,(H,33,35);3-10H,11H2,1-2H3,(H,21,22);1-8H,13-14H2. The molecule has 8 aromatic carbocycles. The smallest absolute Gasteiger partial charge is 0.311 e. The first-order chi connectivity index (χ1) is 37.4. The van der Waals surface area contributed by atoms with E-state index in [0.717, 1.165) is 78.7 Å². The highest BCUT2D eigenvalue weighted by molar-refractivity contribution is 5.94. The monoisotopic (exact) mass is 1030 g/mol. The van der Waals surface area contributed by atoms with Crippen molar-refractivity contribution >= 4 is 34.6 Å². The number of anilines is 4. The van der Waals surface area contributed by atoms with Gasteiger partial charge >= 0.3 is 5.97 Å². The van der Waals surface area contributed by atoms with Gasteiger partial charge in [0.2, 0.25) is 5.91 Å². The van der Waals surface area contributed by atoms with E-state index in [-0.39, 0.29) is 18.7 Å². The van der Waals surface area contributed by atoms with Gasteiger partial charge in [-0.1, -0.05) is 83.1 Å². The summed E-state index contributed by atoms with van der Waals surface area (Å²) in [6.07, 6.45) is -0.227. The second-order valence-electron chi connectivity index (χ2n) is 17.3. The molecule has 0 unspecified atom stereocenters. The van der Waals surface area contributed by atoms with Gasteiger partial charge in [-0.3, -0.25) is 9.59 Å². The number of aromatic nitrogens is 2. The predicted octanol–water partition coefficient (Wildman–Crippen LogP) is 12.6. The van der Waals surface area contributed by atoms with Crippen molar-refractivity contribution in [3.8, 4) is 90.0 Å². The maximum absolute atomic E-state index is 13.0. The van der Waals surface area contributed by atoms with Gasteiger partial charge in [0.05, 0.1) is 46.0 Å². The summed E-state index contributed by atoms with van der Waals surface area (Å²) in [5.74, 6) is 2.50. The van der Waals surface area contributed by atoms with E-state index >= 15 is 0 Å². The largest absolute Gasteiger partial charge is 0.497 e. The van der Waals surface area contributed by atoms with Crippen molar-refractivity contribution < 1.29 is 42.7 Å². The average Bonchev–Trinajstić information content (AvgIpc) is 4.09. The number of nitrogens with zero attached hydrogens (tertiary/aromatic N) is 2. The molecular weight excluding hydrogens is 973 g/mol. The summed E-state index contributed by atoms with van der Waals surface area (Å²) in [5.41, 5.74) is 30.4. The number of nitrogens with one attached hydrogen (secondary N) is 1. The first kappa shape index (κ1) is 53.0. The van der Waals surface area contributed by atoms with Gasteiger partial charge in [0.1, 0.15) is 40.8 Å². The number of aliphatic carboxylic acids is 1. The van der Waals surface area contributed by atoms with Crippen molar-refractivity contribution in [2.75, 3.05) is 51.0 Å². The topological polar surface area (TPSA) is 233 Å². The third-order valence-corrected chi connectivity index (χ3v) is 12.2. The second kappa shape index (κ2) is 25.1. The fourth-order valence-corrected chi connectivity index (χ4v) is 8.15. The summed E-state index contributed by atoms with van der Waals surface area (Å²) in [5, 5.41) is 20.5. The second-order valence-corrected chi connectivity index (χ2v) is 17.3. The number of rotatable bonds is 15. The number of nitrogen functional groups attached to an aromatic ring is 3. The van der Waals surface area contributed by atoms with Gasteiger partial charge < -0.3 is 55.6 Å². The Morgan fingerprint density at radius 3 is 0.974 bits per heavy atom. The van der Waals surface area contributed by atoms with Crippen LogP contribution in [0.1, 0.15) is 11.5 Å². The molecule has 0 bridgehead atoms. The van der Waals surface area contributed by atoms with Crippen LogP contribution in [0.2, 0.25) is 0 Å². The molecule has 0 aliphatic carbocycles. The van der Waals surface area contributed by atoms with Crippen LogP contribution in [0.25, 0.3) is 67.0 Å². The van der Waals surface area contributed by atoms with Crippen molar-refractivity contribution in [2.45, 2.75) is 12.8 Å². The molecule has 0 fully saturated rings. The Labute approximate surface area is 445 Å². The molecule has 0 aliphatic heterocycles. The number of hydrogen-bond donors (Lipinski definition) is 5. The average molecular weight is 1030 g/mol. The third-order valence-electron chi connectivity index (χ3n) is 12.2. The molecule has 15 nitrogen and oxygen atoms in total. The summed E-state index contributed by atoms with van der Waals surface area (Å²) < 4.78 is 32.0. The SMILES string of the molecule is COc1ccc(-c2noc(CC(=O)Nc3ccc(-c4ccc(N)cc4)cc3)c2-c2ccc(OC)cc2)cc1.COc1ccc(-c2noc(CC(=O)O)c2-c2ccc(OC)cc2)cc1.Nc1ccc(-c2ccc(N)cc2)cc1. The number of benzene rings is 8. The number of nitrogens with two attached hydrogens (primary N) is 3. The molecule has 0 aliphatic rings. The van der Waals surface area contributed by atoms with E-state index in [1.807, 2.05) is 194 Å². The minimum Gasteiger partial charge on any atom is -0.497 e. The van der Waals surface area contributed by atoms with E-state index in [0.29, 0.717) is 45.6 Å². The molecular formula is C62H56N6O9. The number of carbonyl (C=O) groups excluding carboxylic acids is 1. The molecule has 0 saturated carbocycles. The van der Waals surface area contributed by atoms with Gasteiger partial charge in [0, 0.05) is 33.9 Å². The molecule has 388 valence electrons. The number of ether oxygens (including phenoxy) is 4. The van der Waals surface area contributed by atoms with Crippen LogP contribution < -0.4 is 41.5 Å². The van der Waals surface area contributed by atoms with E-state index in [4.69, 9.17) is 50.3 Å². The van der Waals surface area contributed by atoms with Crippen LogP contribution in [0.4, 0.5) is 22.7 Å². The molecule has 0 saturated heterocycles. The van der Waals surface area contributed by atoms with Crippen LogP contribution >= 0.6 is 0 Å². The quantitative estimate of drug-likeness (QED) is 0.0601. The highest BCUT2D eigenvalue weighted by atomic mass is 16.5. The minimum atomic E-state index is -0.979. The van der Waals surface area contributed by atoms with Crippen LogP contribution in [0, 0.1) is 0 Å². The highest BCUT2D eigenvalue weighted by Gasteiger charge is 2.23. The minimum absolute atomic E-state index is 0.0181. The molecule has 10 aromatic rings. The maximum Gasteiger partial charge on any atom is 0.311 e. The first-order valence-corrected chi connectivity index (χ1v) is 24.2. The van der Waals surface area contributed by atoms with Crippen molar-refractivity contribution in [2.24, 2.45) is 0 Å². The van der Waals surface area contributed by atoms with E-state index in [2.05, 4.69) is 15.6 Å². The third kappa shape index (κ3) is 13.7. The van der Waals surface area contributed by atoms with Crippen LogP contribution in [0.3, 0.4) is 0 Å². The Balaban J connectivity index is 0.000000171. The Hall–Kier alpha value is -10.3. The predicted molar refractivity (Wildman–Crippen MR) is 302 cm³/mol. The number of carboxylic acids is 1. The molecule has 2 heterocycles. The lowest BCUT2D eigenvalue weighted by Crippen LogP contribution is -2.14. The Morgan fingerprint density at radius 1 is 0.403 bits per heavy atom. The van der Waals surface area contributed by atoms with Gasteiger partial charge in [-0.2, -0.15) is 0 Å². The molecule has 0 spiro atoms. The normalized spacial score (nSPS) is 10.5. The van der Waals surface area contributed by atoms with Gasteiger partial charge in [-0.15, -0.1) is 0 Å². The molecule has 2 aromatic heterocycles. The number of amides is 1. The summed E-state index contributed by atoms with van der Waals surface area (Å²) in [6, 6.07) is 60.7. The van der Waals surface area contributed by atoms with Gasteiger partial charge in [-0.25, -0.2) is 0 Å². The zero-order valence-electron chi connectivity index (χ0n) is 42.7. The van der Waals surface area contributed by atoms with Crippen molar-refractivity contribution in [1.29, 1.82) is 0 Å². The van der Waals surface area contributed by atoms with E-state index in [1.54, 1.807) is 28.4 Å².